The Morgan fingerprint density at radius 3 is 0.839 bits per heavy atom. The molecule has 0 atom stereocenters. The molecule has 0 bridgehead atoms. The van der Waals surface area contributed by atoms with Crippen molar-refractivity contribution in [2.45, 2.75) is 0 Å². The maximum Gasteiger partial charge on any atom is 0.115 e. The van der Waals surface area contributed by atoms with Crippen LogP contribution in [0.3, 0.4) is 0 Å². The molecule has 7 aromatic rings. The lowest BCUT2D eigenvalue weighted by molar-refractivity contribution is 1.67. The van der Waals surface area contributed by atoms with Crippen molar-refractivity contribution in [3.05, 3.63) is 24.3 Å². The van der Waals surface area contributed by atoms with Crippen molar-refractivity contribution in [2.75, 3.05) is 0 Å². The molecule has 0 nitrogen and oxygen atoms in total. The van der Waals surface area contributed by atoms with Crippen molar-refractivity contribution in [3.63, 3.8) is 0 Å². The van der Waals surface area contributed by atoms with Gasteiger partial charge in [-0.1, -0.05) is 78.3 Å². The Labute approximate surface area is 354 Å². The minimum atomic E-state index is -0.0752. The number of hydrogen-bond acceptors (Lipinski definition) is 0. The van der Waals surface area contributed by atoms with Crippen LogP contribution in [0.2, 0.25) is 0 Å². The third-order valence-electron chi connectivity index (χ3n) is 10.7. The highest BCUT2D eigenvalue weighted by Crippen LogP contribution is 2.40. The zero-order chi connectivity index (χ0) is 41.3. The van der Waals surface area contributed by atoms with E-state index < -0.39 is 0 Å². The minimum absolute atomic E-state index is 0.00435. The van der Waals surface area contributed by atoms with Crippen molar-refractivity contribution in [2.24, 2.45) is 0 Å². The molecule has 7 aromatic carbocycles. The second-order valence-electron chi connectivity index (χ2n) is 13.6. The van der Waals surface area contributed by atoms with Crippen molar-refractivity contribution in [1.82, 2.24) is 0 Å². The molecule has 0 fully saturated rings. The number of rotatable bonds is 3. The van der Waals surface area contributed by atoms with Crippen molar-refractivity contribution < 1.29 is 0 Å². The average Bonchev–Trinajstić information content (AvgIpc) is 3.18. The summed E-state index contributed by atoms with van der Waals surface area (Å²) in [4.78, 5) is 0. The van der Waals surface area contributed by atoms with Crippen LogP contribution in [0.5, 0.6) is 0 Å². The third kappa shape index (κ3) is 5.49. The number of benzene rings is 7. The predicted molar refractivity (Wildman–Crippen MR) is 263 cm³/mol. The van der Waals surface area contributed by atoms with Crippen molar-refractivity contribution in [3.8, 4) is 33.4 Å². The van der Waals surface area contributed by atoms with E-state index >= 15 is 0 Å². The van der Waals surface area contributed by atoms with E-state index in [9.17, 15) is 0 Å². The van der Waals surface area contributed by atoms with Gasteiger partial charge in [0.1, 0.15) is 157 Å². The number of fused-ring (bicyclic) bond motifs is 3. The van der Waals surface area contributed by atoms with Gasteiger partial charge in [-0.2, -0.15) is 0 Å². The van der Waals surface area contributed by atoms with Gasteiger partial charge in [0.2, 0.25) is 0 Å². The molecule has 20 heteroatoms. The second kappa shape index (κ2) is 14.2. The monoisotopic (exact) mass is 656 g/mol. The fourth-order valence-electron chi connectivity index (χ4n) is 7.67. The Balaban J connectivity index is 1.80. The first-order chi connectivity index (χ1) is 26.2. The van der Waals surface area contributed by atoms with Crippen molar-refractivity contribution >= 4 is 298 Å². The van der Waals surface area contributed by atoms with Crippen LogP contribution >= 0.6 is 0 Å². The lowest BCUT2D eigenvalue weighted by Gasteiger charge is -2.31. The van der Waals surface area contributed by atoms with Crippen LogP contribution in [0.25, 0.3) is 65.7 Å². The van der Waals surface area contributed by atoms with Gasteiger partial charge >= 0.3 is 0 Å². The smallest absolute Gasteiger partial charge is 0.112 e. The van der Waals surface area contributed by atoms with Crippen LogP contribution in [0.1, 0.15) is 0 Å². The summed E-state index contributed by atoms with van der Waals surface area (Å²) in [6, 6.07) is 6.96. The van der Waals surface area contributed by atoms with E-state index in [4.69, 9.17) is 157 Å². The van der Waals surface area contributed by atoms with Gasteiger partial charge < -0.3 is 0 Å². The van der Waals surface area contributed by atoms with Gasteiger partial charge in [-0.25, -0.2) is 0 Å². The largest absolute Gasteiger partial charge is 0.115 e. The summed E-state index contributed by atoms with van der Waals surface area (Å²) in [6.07, 6.45) is 0. The van der Waals surface area contributed by atoms with Gasteiger partial charge in [0.25, 0.3) is 0 Å². The summed E-state index contributed by atoms with van der Waals surface area (Å²) in [6.45, 7) is 0. The van der Waals surface area contributed by atoms with E-state index in [1.54, 1.807) is 24.3 Å². The highest BCUT2D eigenvalue weighted by atomic mass is 14.3. The van der Waals surface area contributed by atoms with Gasteiger partial charge in [0.05, 0.1) is 0 Å². The Hall–Kier alpha value is -3.38. The predicted octanol–water partition coefficient (Wildman–Crippen LogP) is -14.0. The Bertz CT molecular complexity index is 2860. The molecule has 0 aliphatic rings. The fourth-order valence-corrected chi connectivity index (χ4v) is 7.67. The SMILES string of the molecule is [B]c1c([B])c([B])c(-c2cccc(-c3c4c([B])c([B])c([B])c([B])c4c(-c4c([B])c([B])c5c([B])c([B])c([B])c([B])c5c4[B])c4c([B])c([B])c([B])c([B])c34)c2)c([B])c1[B]. The van der Waals surface area contributed by atoms with Gasteiger partial charge in [0.15, 0.2) is 0 Å². The van der Waals surface area contributed by atoms with Crippen molar-refractivity contribution in [1.29, 1.82) is 0 Å². The molecule has 0 N–H and O–H groups in total. The molecule has 0 aromatic heterocycles. The molecule has 0 amide bonds. The Morgan fingerprint density at radius 2 is 0.446 bits per heavy atom. The van der Waals surface area contributed by atoms with Crippen LogP contribution < -0.4 is 109 Å². The van der Waals surface area contributed by atoms with Crippen LogP contribution in [-0.4, -0.2) is 157 Å². The highest BCUT2D eigenvalue weighted by molar-refractivity contribution is 6.75. The molecular weight excluding hydrogens is 649 g/mol. The van der Waals surface area contributed by atoms with Crippen LogP contribution in [0.4, 0.5) is 0 Å². The lowest BCUT2D eigenvalue weighted by atomic mass is 9.56. The highest BCUT2D eigenvalue weighted by Gasteiger charge is 2.28. The molecule has 0 aliphatic carbocycles. The van der Waals surface area contributed by atoms with E-state index in [0.717, 1.165) is 0 Å². The van der Waals surface area contributed by atoms with Crippen LogP contribution in [0, 0.1) is 0 Å². The van der Waals surface area contributed by atoms with Gasteiger partial charge in [0, 0.05) is 0 Å². The summed E-state index contributed by atoms with van der Waals surface area (Å²) in [5, 5.41) is 1.17. The van der Waals surface area contributed by atoms with E-state index in [1.165, 1.54) is 0 Å². The zero-order valence-electron chi connectivity index (χ0n) is 29.9. The molecule has 0 saturated heterocycles. The van der Waals surface area contributed by atoms with Crippen LogP contribution in [0.15, 0.2) is 24.3 Å². The first-order valence-electron chi connectivity index (χ1n) is 16.6. The molecule has 7 rings (SSSR count). The van der Waals surface area contributed by atoms with Gasteiger partial charge in [-0.05, 0) is 71.8 Å². The summed E-state index contributed by atoms with van der Waals surface area (Å²) >= 11 is 0. The summed E-state index contributed by atoms with van der Waals surface area (Å²) in [5.74, 6) is 0. The standard InChI is InChI=1S/C36H4B20/c37-17-14(24(44)25(45)16-15(17)26(46)34(54)35(55)27(16)47)9-12-10(20(40)30(50)32(52)22(12)42)7(11-13(9)23(43)33(53)31(51)21(11)41)5-2-1-3-6(4-5)8-18(38)28(48)36(56)29(49)19(8)39/h1-4H. The normalized spacial score (nSPS) is 11.6. The molecule has 0 saturated carbocycles. The molecular formula is C36H4B20. The maximum absolute atomic E-state index is 7.02. The minimum Gasteiger partial charge on any atom is -0.112 e. The molecule has 0 spiro atoms. The summed E-state index contributed by atoms with van der Waals surface area (Å²) in [5.41, 5.74) is 1.67. The number of hydrogen-bond donors (Lipinski definition) is 0. The van der Waals surface area contributed by atoms with Crippen LogP contribution in [-0.2, 0) is 0 Å². The lowest BCUT2D eigenvalue weighted by Crippen LogP contribution is -2.55. The summed E-state index contributed by atoms with van der Waals surface area (Å²) in [7, 11) is 132. The second-order valence-corrected chi connectivity index (χ2v) is 13.6. The van der Waals surface area contributed by atoms with E-state index in [2.05, 4.69) is 0 Å². The molecule has 0 heterocycles. The molecule has 208 valence electrons. The molecule has 40 radical (unpaired) electrons. The molecule has 0 unspecified atom stereocenters. The summed E-state index contributed by atoms with van der Waals surface area (Å²) < 4.78 is 0. The topological polar surface area (TPSA) is 0 Å². The maximum atomic E-state index is 7.02. The molecule has 56 heavy (non-hydrogen) atoms. The van der Waals surface area contributed by atoms with Gasteiger partial charge in [-0.15, -0.1) is 49.2 Å². The van der Waals surface area contributed by atoms with Gasteiger partial charge in [-0.3, -0.25) is 0 Å². The molecule has 0 aliphatic heterocycles. The first-order valence-corrected chi connectivity index (χ1v) is 16.6. The Morgan fingerprint density at radius 1 is 0.196 bits per heavy atom. The van der Waals surface area contributed by atoms with E-state index in [1.807, 2.05) is 0 Å². The average molecular weight is 653 g/mol. The zero-order valence-corrected chi connectivity index (χ0v) is 29.9. The van der Waals surface area contributed by atoms with E-state index in [0.29, 0.717) is 22.3 Å². The van der Waals surface area contributed by atoms with E-state index in [-0.39, 0.29) is 153 Å². The fraction of sp³-hybridized carbons (Fsp3) is 0. The Kier molecular flexibility index (Phi) is 10.3. The third-order valence-corrected chi connectivity index (χ3v) is 10.7. The first kappa shape index (κ1) is 40.8. The quantitative estimate of drug-likeness (QED) is 0.132.